The van der Waals surface area contributed by atoms with Gasteiger partial charge in [-0.2, -0.15) is 0 Å². The molecule has 0 aliphatic rings. The zero-order valence-electron chi connectivity index (χ0n) is 14.8. The van der Waals surface area contributed by atoms with Gasteiger partial charge in [-0.15, -0.1) is 0 Å². The quantitative estimate of drug-likeness (QED) is 0.735. The Morgan fingerprint density at radius 2 is 1.58 bits per heavy atom. The van der Waals surface area contributed by atoms with E-state index in [1.807, 2.05) is 42.5 Å². The minimum atomic E-state index is -3.30. The molecule has 0 bridgehead atoms. The largest absolute Gasteiger partial charge is 0.325 e. The molecule has 0 aromatic heterocycles. The van der Waals surface area contributed by atoms with E-state index in [1.165, 1.54) is 0 Å². The Kier molecular flexibility index (Phi) is 5.09. The molecule has 0 saturated heterocycles. The SMILES string of the molecule is CC(C)S(=O)(=O)c1ccc(CC(=O)Nc2cccc3ccccc23)cc1. The molecule has 3 aromatic rings. The molecule has 0 heterocycles. The molecule has 134 valence electrons. The highest BCUT2D eigenvalue weighted by Gasteiger charge is 2.18. The number of anilines is 1. The van der Waals surface area contributed by atoms with Gasteiger partial charge in [-0.1, -0.05) is 48.5 Å². The van der Waals surface area contributed by atoms with Crippen LogP contribution in [0.2, 0.25) is 0 Å². The van der Waals surface area contributed by atoms with Crippen LogP contribution < -0.4 is 5.32 Å². The molecular weight excluding hydrogens is 346 g/mol. The summed E-state index contributed by atoms with van der Waals surface area (Å²) < 4.78 is 24.3. The Morgan fingerprint density at radius 3 is 2.27 bits per heavy atom. The van der Waals surface area contributed by atoms with Gasteiger partial charge >= 0.3 is 0 Å². The number of amides is 1. The van der Waals surface area contributed by atoms with Crippen LogP contribution in [0.1, 0.15) is 19.4 Å². The summed E-state index contributed by atoms with van der Waals surface area (Å²) in [5.41, 5.74) is 1.54. The molecule has 3 aromatic carbocycles. The summed E-state index contributed by atoms with van der Waals surface area (Å²) in [6, 6.07) is 20.2. The molecule has 0 unspecified atom stereocenters. The number of nitrogens with one attached hydrogen (secondary N) is 1. The summed E-state index contributed by atoms with van der Waals surface area (Å²) in [6.45, 7) is 3.31. The van der Waals surface area contributed by atoms with Crippen LogP contribution in [0.4, 0.5) is 5.69 Å². The van der Waals surface area contributed by atoms with Crippen LogP contribution in [0.15, 0.2) is 71.6 Å². The van der Waals surface area contributed by atoms with Gasteiger partial charge in [0.2, 0.25) is 5.91 Å². The Labute approximate surface area is 153 Å². The molecule has 1 amide bonds. The third kappa shape index (κ3) is 3.78. The lowest BCUT2D eigenvalue weighted by Gasteiger charge is -2.10. The third-order valence-electron chi connectivity index (χ3n) is 4.30. The molecule has 0 atom stereocenters. The summed E-state index contributed by atoms with van der Waals surface area (Å²) >= 11 is 0. The minimum Gasteiger partial charge on any atom is -0.325 e. The predicted octanol–water partition coefficient (Wildman–Crippen LogP) is 4.20. The van der Waals surface area contributed by atoms with Crippen LogP contribution in [-0.4, -0.2) is 19.6 Å². The molecule has 0 fully saturated rings. The van der Waals surface area contributed by atoms with E-state index in [2.05, 4.69) is 5.32 Å². The average Bonchev–Trinajstić information content (AvgIpc) is 2.62. The van der Waals surface area contributed by atoms with E-state index in [-0.39, 0.29) is 17.2 Å². The van der Waals surface area contributed by atoms with E-state index in [0.29, 0.717) is 0 Å². The number of benzene rings is 3. The van der Waals surface area contributed by atoms with Crippen molar-refractivity contribution < 1.29 is 13.2 Å². The predicted molar refractivity (Wildman–Crippen MR) is 105 cm³/mol. The number of hydrogen-bond acceptors (Lipinski definition) is 3. The fraction of sp³-hybridized carbons (Fsp3) is 0.190. The lowest BCUT2D eigenvalue weighted by molar-refractivity contribution is -0.115. The van der Waals surface area contributed by atoms with Crippen LogP contribution in [0.3, 0.4) is 0 Å². The van der Waals surface area contributed by atoms with Gasteiger partial charge < -0.3 is 5.32 Å². The van der Waals surface area contributed by atoms with Crippen LogP contribution in [0.5, 0.6) is 0 Å². The number of rotatable bonds is 5. The molecule has 5 heteroatoms. The summed E-state index contributed by atoms with van der Waals surface area (Å²) in [7, 11) is -3.30. The van der Waals surface area contributed by atoms with E-state index < -0.39 is 15.1 Å². The molecule has 4 nitrogen and oxygen atoms in total. The maximum Gasteiger partial charge on any atom is 0.228 e. The number of fused-ring (bicyclic) bond motifs is 1. The fourth-order valence-corrected chi connectivity index (χ4v) is 3.84. The van der Waals surface area contributed by atoms with E-state index in [9.17, 15) is 13.2 Å². The van der Waals surface area contributed by atoms with E-state index in [1.54, 1.807) is 38.1 Å². The number of sulfone groups is 1. The van der Waals surface area contributed by atoms with Gasteiger partial charge in [-0.05, 0) is 43.0 Å². The molecule has 1 N–H and O–H groups in total. The Hall–Kier alpha value is -2.66. The molecule has 0 aliphatic heterocycles. The van der Waals surface area contributed by atoms with Crippen LogP contribution >= 0.6 is 0 Å². The molecule has 0 spiro atoms. The Morgan fingerprint density at radius 1 is 0.923 bits per heavy atom. The second-order valence-corrected chi connectivity index (χ2v) is 8.99. The summed E-state index contributed by atoms with van der Waals surface area (Å²) in [5.74, 6) is -0.138. The number of carbonyl (C=O) groups is 1. The van der Waals surface area contributed by atoms with E-state index in [4.69, 9.17) is 0 Å². The van der Waals surface area contributed by atoms with Gasteiger partial charge in [0.25, 0.3) is 0 Å². The van der Waals surface area contributed by atoms with Gasteiger partial charge in [-0.3, -0.25) is 4.79 Å². The standard InChI is InChI=1S/C21H21NO3S/c1-15(2)26(24,25)18-12-10-16(11-13-18)14-21(23)22-20-9-5-7-17-6-3-4-8-19(17)20/h3-13,15H,14H2,1-2H3,(H,22,23). The lowest BCUT2D eigenvalue weighted by atomic mass is 10.1. The molecular formula is C21H21NO3S. The first kappa shape index (κ1) is 18.1. The highest BCUT2D eigenvalue weighted by molar-refractivity contribution is 7.92. The first-order valence-electron chi connectivity index (χ1n) is 8.48. The second-order valence-electron chi connectivity index (χ2n) is 6.49. The van der Waals surface area contributed by atoms with Crippen molar-refractivity contribution in [3.8, 4) is 0 Å². The Bertz CT molecular complexity index is 1030. The molecule has 0 saturated carbocycles. The summed E-state index contributed by atoms with van der Waals surface area (Å²) in [4.78, 5) is 12.7. The first-order valence-corrected chi connectivity index (χ1v) is 10.0. The molecule has 3 rings (SSSR count). The normalized spacial score (nSPS) is 11.7. The maximum absolute atomic E-state index is 12.4. The third-order valence-corrected chi connectivity index (χ3v) is 6.47. The van der Waals surface area contributed by atoms with Crippen molar-refractivity contribution in [3.63, 3.8) is 0 Å². The van der Waals surface area contributed by atoms with Crippen molar-refractivity contribution in [1.29, 1.82) is 0 Å². The Balaban J connectivity index is 1.74. The molecule has 0 radical (unpaired) electrons. The second kappa shape index (κ2) is 7.30. The van der Waals surface area contributed by atoms with Gasteiger partial charge in [-0.25, -0.2) is 8.42 Å². The molecule has 0 aliphatic carbocycles. The summed E-state index contributed by atoms with van der Waals surface area (Å²) in [6.07, 6.45) is 0.186. The van der Waals surface area contributed by atoms with E-state index in [0.717, 1.165) is 22.0 Å². The van der Waals surface area contributed by atoms with Crippen molar-refractivity contribution in [2.75, 3.05) is 5.32 Å². The maximum atomic E-state index is 12.4. The van der Waals surface area contributed by atoms with Crippen molar-refractivity contribution in [1.82, 2.24) is 0 Å². The average molecular weight is 367 g/mol. The van der Waals surface area contributed by atoms with Crippen LogP contribution in [-0.2, 0) is 21.1 Å². The molecule has 26 heavy (non-hydrogen) atoms. The fourth-order valence-electron chi connectivity index (χ4n) is 2.78. The van der Waals surface area contributed by atoms with Crippen molar-refractivity contribution in [3.05, 3.63) is 72.3 Å². The smallest absolute Gasteiger partial charge is 0.228 e. The summed E-state index contributed by atoms with van der Waals surface area (Å²) in [5, 5.41) is 4.52. The highest BCUT2D eigenvalue weighted by Crippen LogP contribution is 2.23. The zero-order valence-corrected chi connectivity index (χ0v) is 15.6. The van der Waals surface area contributed by atoms with Crippen LogP contribution in [0.25, 0.3) is 10.8 Å². The lowest BCUT2D eigenvalue weighted by Crippen LogP contribution is -2.16. The van der Waals surface area contributed by atoms with Gasteiger partial charge in [0.15, 0.2) is 9.84 Å². The number of carbonyl (C=O) groups excluding carboxylic acids is 1. The van der Waals surface area contributed by atoms with Crippen LogP contribution in [0, 0.1) is 0 Å². The van der Waals surface area contributed by atoms with Gasteiger partial charge in [0, 0.05) is 11.1 Å². The highest BCUT2D eigenvalue weighted by atomic mass is 32.2. The first-order chi connectivity index (χ1) is 12.4. The van der Waals surface area contributed by atoms with Gasteiger partial charge in [0.05, 0.1) is 16.6 Å². The van der Waals surface area contributed by atoms with Crippen molar-refractivity contribution in [2.45, 2.75) is 30.4 Å². The number of hydrogen-bond donors (Lipinski definition) is 1. The van der Waals surface area contributed by atoms with Crippen molar-refractivity contribution >= 4 is 32.2 Å². The van der Waals surface area contributed by atoms with Crippen molar-refractivity contribution in [2.24, 2.45) is 0 Å². The monoisotopic (exact) mass is 367 g/mol. The topological polar surface area (TPSA) is 63.2 Å². The van der Waals surface area contributed by atoms with E-state index >= 15 is 0 Å². The minimum absolute atomic E-state index is 0.138. The zero-order chi connectivity index (χ0) is 18.7. The van der Waals surface area contributed by atoms with Gasteiger partial charge in [0.1, 0.15) is 0 Å².